The lowest BCUT2D eigenvalue weighted by atomic mass is 9.88. The molecule has 28 heavy (non-hydrogen) atoms. The maximum Gasteiger partial charge on any atom is 0.263 e. The Morgan fingerprint density at radius 2 is 1.68 bits per heavy atom. The van der Waals surface area contributed by atoms with Crippen LogP contribution in [0.5, 0.6) is 5.75 Å². The van der Waals surface area contributed by atoms with E-state index >= 15 is 0 Å². The summed E-state index contributed by atoms with van der Waals surface area (Å²) in [5.41, 5.74) is 1.80. The molecule has 0 aromatic heterocycles. The zero-order valence-electron chi connectivity index (χ0n) is 16.0. The topological polar surface area (TPSA) is 58.6 Å². The van der Waals surface area contributed by atoms with Gasteiger partial charge < -0.3 is 15.0 Å². The van der Waals surface area contributed by atoms with E-state index < -0.39 is 6.10 Å². The van der Waals surface area contributed by atoms with E-state index in [2.05, 4.69) is 5.32 Å². The molecule has 146 valence electrons. The minimum Gasteiger partial charge on any atom is -0.477 e. The van der Waals surface area contributed by atoms with E-state index in [1.54, 1.807) is 4.90 Å². The minimum absolute atomic E-state index is 0.0490. The third kappa shape index (κ3) is 4.03. The molecule has 1 fully saturated rings. The van der Waals surface area contributed by atoms with Gasteiger partial charge in [0.1, 0.15) is 5.75 Å². The van der Waals surface area contributed by atoms with Crippen LogP contribution in [0.3, 0.4) is 0 Å². The lowest BCUT2D eigenvalue weighted by Crippen LogP contribution is -2.52. The number of carbonyl (C=O) groups excluding carboxylic acids is 2. The van der Waals surface area contributed by atoms with Crippen molar-refractivity contribution in [3.05, 3.63) is 60.2 Å². The lowest BCUT2D eigenvalue weighted by Gasteiger charge is -2.36. The van der Waals surface area contributed by atoms with Crippen LogP contribution in [-0.4, -0.2) is 24.5 Å². The smallest absolute Gasteiger partial charge is 0.263 e. The third-order valence-corrected chi connectivity index (χ3v) is 5.60. The Labute approximate surface area is 165 Å². The molecule has 1 heterocycles. The van der Waals surface area contributed by atoms with Gasteiger partial charge in [0, 0.05) is 12.5 Å². The van der Waals surface area contributed by atoms with Crippen LogP contribution in [0.1, 0.15) is 37.7 Å². The van der Waals surface area contributed by atoms with E-state index in [1.807, 2.05) is 54.6 Å². The Bertz CT molecular complexity index is 831. The van der Waals surface area contributed by atoms with Crippen molar-refractivity contribution >= 4 is 17.5 Å². The molecule has 1 aliphatic carbocycles. The molecule has 4 rings (SSSR count). The first-order valence-corrected chi connectivity index (χ1v) is 10.1. The van der Waals surface area contributed by atoms with Gasteiger partial charge in [-0.15, -0.1) is 0 Å². The highest BCUT2D eigenvalue weighted by atomic mass is 16.5. The minimum atomic E-state index is -0.703. The van der Waals surface area contributed by atoms with E-state index in [0.29, 0.717) is 12.3 Å². The molecule has 1 aliphatic heterocycles. The number of nitrogens with zero attached hydrogens (tertiary/aromatic N) is 1. The summed E-state index contributed by atoms with van der Waals surface area (Å²) in [4.78, 5) is 27.7. The number of hydrogen-bond acceptors (Lipinski definition) is 3. The number of carbonyl (C=O) groups is 2. The lowest BCUT2D eigenvalue weighted by molar-refractivity contribution is -0.129. The number of hydrogen-bond donors (Lipinski definition) is 1. The van der Waals surface area contributed by atoms with Gasteiger partial charge in [0.05, 0.1) is 12.2 Å². The van der Waals surface area contributed by atoms with Crippen molar-refractivity contribution in [2.45, 2.75) is 44.8 Å². The summed E-state index contributed by atoms with van der Waals surface area (Å²) in [5.74, 6) is 0.571. The SMILES string of the molecule is O=C(NCc1ccccc1)[C@H]1CN(C(=O)C2CCCCC2)c2ccccc2O1. The number of rotatable bonds is 4. The number of anilines is 1. The number of ether oxygens (including phenoxy) is 1. The second kappa shape index (κ2) is 8.46. The molecule has 1 N–H and O–H groups in total. The highest BCUT2D eigenvalue weighted by molar-refractivity contribution is 5.98. The number of benzene rings is 2. The van der Waals surface area contributed by atoms with Gasteiger partial charge in [0.25, 0.3) is 5.91 Å². The number of fused-ring (bicyclic) bond motifs is 1. The molecule has 2 aromatic carbocycles. The Hall–Kier alpha value is -2.82. The Morgan fingerprint density at radius 1 is 0.964 bits per heavy atom. The summed E-state index contributed by atoms with van der Waals surface area (Å²) >= 11 is 0. The normalized spacial score (nSPS) is 19.4. The Kier molecular flexibility index (Phi) is 5.60. The van der Waals surface area contributed by atoms with Crippen molar-refractivity contribution in [1.82, 2.24) is 5.32 Å². The van der Waals surface area contributed by atoms with Crippen LogP contribution in [0.2, 0.25) is 0 Å². The first-order chi connectivity index (χ1) is 13.7. The average Bonchev–Trinajstić information content (AvgIpc) is 2.77. The van der Waals surface area contributed by atoms with E-state index in [9.17, 15) is 9.59 Å². The summed E-state index contributed by atoms with van der Waals surface area (Å²) in [6.07, 6.45) is 4.57. The van der Waals surface area contributed by atoms with Gasteiger partial charge in [0.15, 0.2) is 6.10 Å². The summed E-state index contributed by atoms with van der Waals surface area (Å²) in [7, 11) is 0. The van der Waals surface area contributed by atoms with E-state index in [1.165, 1.54) is 6.42 Å². The van der Waals surface area contributed by atoms with E-state index in [4.69, 9.17) is 4.74 Å². The van der Waals surface area contributed by atoms with Crippen LogP contribution in [0.15, 0.2) is 54.6 Å². The predicted molar refractivity (Wildman–Crippen MR) is 108 cm³/mol. The van der Waals surface area contributed by atoms with Crippen molar-refractivity contribution in [3.63, 3.8) is 0 Å². The summed E-state index contributed by atoms with van der Waals surface area (Å²) in [5, 5.41) is 2.94. The molecule has 1 atom stereocenters. The molecule has 0 bridgehead atoms. The molecule has 0 saturated heterocycles. The number of amides is 2. The second-order valence-corrected chi connectivity index (χ2v) is 7.56. The molecule has 5 nitrogen and oxygen atoms in total. The zero-order valence-corrected chi connectivity index (χ0v) is 16.0. The van der Waals surface area contributed by atoms with Crippen molar-refractivity contribution in [2.75, 3.05) is 11.4 Å². The Balaban J connectivity index is 1.49. The molecule has 2 aliphatic rings. The molecular weight excluding hydrogens is 352 g/mol. The molecular formula is C23H26N2O3. The summed E-state index contributed by atoms with van der Waals surface area (Å²) in [6.45, 7) is 0.699. The highest BCUT2D eigenvalue weighted by Crippen LogP contribution is 2.36. The molecule has 1 saturated carbocycles. The fraction of sp³-hybridized carbons (Fsp3) is 0.391. The van der Waals surface area contributed by atoms with Gasteiger partial charge in [-0.2, -0.15) is 0 Å². The maximum atomic E-state index is 13.2. The summed E-state index contributed by atoms with van der Waals surface area (Å²) < 4.78 is 5.94. The van der Waals surface area contributed by atoms with Crippen LogP contribution in [0.25, 0.3) is 0 Å². The van der Waals surface area contributed by atoms with Gasteiger partial charge in [-0.3, -0.25) is 9.59 Å². The molecule has 2 aromatic rings. The van der Waals surface area contributed by atoms with Gasteiger partial charge in [0.2, 0.25) is 5.91 Å². The van der Waals surface area contributed by atoms with Gasteiger partial charge in [-0.25, -0.2) is 0 Å². The zero-order chi connectivity index (χ0) is 19.3. The largest absolute Gasteiger partial charge is 0.477 e. The van der Waals surface area contributed by atoms with Crippen molar-refractivity contribution < 1.29 is 14.3 Å². The predicted octanol–water partition coefficient (Wildman–Crippen LogP) is 3.68. The fourth-order valence-electron chi connectivity index (χ4n) is 4.05. The maximum absolute atomic E-state index is 13.2. The van der Waals surface area contributed by atoms with Crippen LogP contribution < -0.4 is 15.0 Å². The number of para-hydroxylation sites is 2. The molecule has 2 amide bonds. The molecule has 5 heteroatoms. The Morgan fingerprint density at radius 3 is 2.46 bits per heavy atom. The van der Waals surface area contributed by atoms with Crippen molar-refractivity contribution in [3.8, 4) is 5.75 Å². The standard InChI is InChI=1S/C23H26N2O3/c26-22(24-15-17-9-3-1-4-10-17)21-16-25(19-13-7-8-14-20(19)28-21)23(27)18-11-5-2-6-12-18/h1,3-4,7-10,13-14,18,21H,2,5-6,11-12,15-16H2,(H,24,26)/t21-/m1/s1. The second-order valence-electron chi connectivity index (χ2n) is 7.56. The van der Waals surface area contributed by atoms with Gasteiger partial charge in [-0.05, 0) is 30.5 Å². The average molecular weight is 378 g/mol. The van der Waals surface area contributed by atoms with E-state index in [-0.39, 0.29) is 24.3 Å². The van der Waals surface area contributed by atoms with Gasteiger partial charge >= 0.3 is 0 Å². The first kappa shape index (κ1) is 18.5. The van der Waals surface area contributed by atoms with Crippen LogP contribution in [-0.2, 0) is 16.1 Å². The van der Waals surface area contributed by atoms with Crippen LogP contribution in [0.4, 0.5) is 5.69 Å². The monoisotopic (exact) mass is 378 g/mol. The molecule has 0 radical (unpaired) electrons. The summed E-state index contributed by atoms with van der Waals surface area (Å²) in [6, 6.07) is 17.3. The van der Waals surface area contributed by atoms with Crippen LogP contribution in [0, 0.1) is 5.92 Å². The molecule has 0 spiro atoms. The molecule has 0 unspecified atom stereocenters. The first-order valence-electron chi connectivity index (χ1n) is 10.1. The highest BCUT2D eigenvalue weighted by Gasteiger charge is 2.36. The van der Waals surface area contributed by atoms with Crippen molar-refractivity contribution in [1.29, 1.82) is 0 Å². The quantitative estimate of drug-likeness (QED) is 0.883. The third-order valence-electron chi connectivity index (χ3n) is 5.60. The fourth-order valence-corrected chi connectivity index (χ4v) is 4.05. The van der Waals surface area contributed by atoms with Crippen molar-refractivity contribution in [2.24, 2.45) is 5.92 Å². The number of nitrogens with one attached hydrogen (secondary N) is 1. The van der Waals surface area contributed by atoms with Crippen LogP contribution >= 0.6 is 0 Å². The van der Waals surface area contributed by atoms with E-state index in [0.717, 1.165) is 36.9 Å². The van der Waals surface area contributed by atoms with Gasteiger partial charge in [-0.1, -0.05) is 61.7 Å².